The zero-order chi connectivity index (χ0) is 29.9. The van der Waals surface area contributed by atoms with Gasteiger partial charge in [0, 0.05) is 28.9 Å². The Morgan fingerprint density at radius 3 is 2.50 bits per heavy atom. The Kier molecular flexibility index (Phi) is 6.76. The number of aldehydes is 1. The SMILES string of the molecule is O=Cc1cccc([C@@]23CNCC[C@H]2Cc2c(c(S(=O)(=O)c4ccc(C(F)(F)F)c(F)c4)nn2-c2ccc(F)cc2)C3)n1. The van der Waals surface area contributed by atoms with E-state index < -0.39 is 48.5 Å². The lowest BCUT2D eigenvalue weighted by Gasteiger charge is -2.47. The molecule has 1 fully saturated rings. The smallest absolute Gasteiger partial charge is 0.316 e. The van der Waals surface area contributed by atoms with Crippen LogP contribution in [0.4, 0.5) is 22.0 Å². The van der Waals surface area contributed by atoms with Crippen molar-refractivity contribution in [1.82, 2.24) is 20.1 Å². The van der Waals surface area contributed by atoms with Gasteiger partial charge in [0.2, 0.25) is 9.84 Å². The molecule has 218 valence electrons. The van der Waals surface area contributed by atoms with Gasteiger partial charge in [-0.1, -0.05) is 6.07 Å². The lowest BCUT2D eigenvalue weighted by Crippen LogP contribution is -2.54. The highest BCUT2D eigenvalue weighted by Gasteiger charge is 2.50. The molecule has 0 saturated carbocycles. The fourth-order valence-electron chi connectivity index (χ4n) is 6.11. The fourth-order valence-corrected chi connectivity index (χ4v) is 7.55. The summed E-state index contributed by atoms with van der Waals surface area (Å²) in [6, 6.07) is 11.8. The van der Waals surface area contributed by atoms with E-state index >= 15 is 0 Å². The third-order valence-electron chi connectivity index (χ3n) is 8.16. The van der Waals surface area contributed by atoms with Crippen LogP contribution in [0, 0.1) is 17.6 Å². The number of nitrogens with zero attached hydrogens (tertiary/aromatic N) is 3. The molecular formula is C29H23F5N4O3S. The third kappa shape index (κ3) is 4.60. The standard InChI is InChI=1S/C29H23F5N4O3S/c30-18-4-6-20(7-5-18)38-25-12-17-10-11-35-16-28(17,26-3-1-2-19(15-39)36-26)14-22(25)27(37-38)42(40,41)21-8-9-23(24(31)13-21)29(32,33)34/h1-9,13,15,17,35H,10-12,14,16H2/t17-,28-/m0/s1. The third-order valence-corrected chi connectivity index (χ3v) is 9.87. The van der Waals surface area contributed by atoms with E-state index in [2.05, 4.69) is 15.4 Å². The number of halogens is 5. The minimum Gasteiger partial charge on any atom is -0.316 e. The molecule has 2 atom stereocenters. The Balaban J connectivity index is 1.56. The molecule has 2 aromatic heterocycles. The van der Waals surface area contributed by atoms with Crippen molar-refractivity contribution < 1.29 is 35.2 Å². The van der Waals surface area contributed by atoms with Gasteiger partial charge in [0.15, 0.2) is 11.3 Å². The van der Waals surface area contributed by atoms with Gasteiger partial charge in [-0.3, -0.25) is 4.79 Å². The molecule has 4 aromatic rings. The number of rotatable bonds is 5. The fraction of sp³-hybridized carbons (Fsp3) is 0.276. The van der Waals surface area contributed by atoms with E-state index in [0.717, 1.165) is 0 Å². The number of hydrogen-bond donors (Lipinski definition) is 1. The normalized spacial score (nSPS) is 20.5. The van der Waals surface area contributed by atoms with E-state index in [1.165, 1.54) is 28.9 Å². The Bertz CT molecular complexity index is 1800. The van der Waals surface area contributed by atoms with Crippen LogP contribution in [0.2, 0.25) is 0 Å². The Morgan fingerprint density at radius 2 is 1.81 bits per heavy atom. The summed E-state index contributed by atoms with van der Waals surface area (Å²) in [5.74, 6) is -2.28. The molecule has 0 amide bonds. The van der Waals surface area contributed by atoms with Gasteiger partial charge in [-0.05, 0) is 86.3 Å². The predicted molar refractivity (Wildman–Crippen MR) is 140 cm³/mol. The number of fused-ring (bicyclic) bond motifs is 2. The Morgan fingerprint density at radius 1 is 1.05 bits per heavy atom. The van der Waals surface area contributed by atoms with Crippen LogP contribution in [0.1, 0.15) is 39.4 Å². The summed E-state index contributed by atoms with van der Waals surface area (Å²) in [7, 11) is -4.63. The molecular weight excluding hydrogens is 579 g/mol. The number of nitrogens with one attached hydrogen (secondary N) is 1. The van der Waals surface area contributed by atoms with Crippen LogP contribution in [0.25, 0.3) is 5.69 Å². The average Bonchev–Trinajstić information content (AvgIpc) is 3.34. The first-order valence-electron chi connectivity index (χ1n) is 13.1. The van der Waals surface area contributed by atoms with Crippen LogP contribution in [0.15, 0.2) is 70.6 Å². The molecule has 42 heavy (non-hydrogen) atoms. The van der Waals surface area contributed by atoms with E-state index in [1.54, 1.807) is 18.2 Å². The summed E-state index contributed by atoms with van der Waals surface area (Å²) in [6.45, 7) is 1.11. The molecule has 3 heterocycles. The average molecular weight is 603 g/mol. The van der Waals surface area contributed by atoms with Crippen molar-refractivity contribution in [3.05, 3.63) is 101 Å². The predicted octanol–water partition coefficient (Wildman–Crippen LogP) is 4.86. The summed E-state index contributed by atoms with van der Waals surface area (Å²) >= 11 is 0. The second-order valence-electron chi connectivity index (χ2n) is 10.5. The molecule has 2 aromatic carbocycles. The van der Waals surface area contributed by atoms with Gasteiger partial charge >= 0.3 is 6.18 Å². The largest absolute Gasteiger partial charge is 0.419 e. The molecule has 2 aliphatic rings. The van der Waals surface area contributed by atoms with Crippen molar-refractivity contribution in [3.8, 4) is 5.69 Å². The number of piperidine rings is 1. The van der Waals surface area contributed by atoms with Crippen molar-refractivity contribution in [2.45, 2.75) is 40.8 Å². The van der Waals surface area contributed by atoms with E-state index in [4.69, 9.17) is 0 Å². The number of carbonyl (C=O) groups excluding carboxylic acids is 1. The van der Waals surface area contributed by atoms with Crippen LogP contribution in [-0.4, -0.2) is 42.6 Å². The summed E-state index contributed by atoms with van der Waals surface area (Å²) in [5.41, 5.74) is -0.289. The molecule has 7 nitrogen and oxygen atoms in total. The second-order valence-corrected chi connectivity index (χ2v) is 12.4. The van der Waals surface area contributed by atoms with Crippen molar-refractivity contribution in [1.29, 1.82) is 0 Å². The quantitative estimate of drug-likeness (QED) is 0.259. The van der Waals surface area contributed by atoms with Crippen molar-refractivity contribution in [3.63, 3.8) is 0 Å². The van der Waals surface area contributed by atoms with Gasteiger partial charge in [-0.25, -0.2) is 26.9 Å². The number of pyridine rings is 1. The van der Waals surface area contributed by atoms with Gasteiger partial charge in [0.05, 0.1) is 16.1 Å². The summed E-state index contributed by atoms with van der Waals surface area (Å²) in [6.07, 6.45) is -3.21. The summed E-state index contributed by atoms with van der Waals surface area (Å²) in [5, 5.41) is 7.34. The first kappa shape index (κ1) is 28.2. The summed E-state index contributed by atoms with van der Waals surface area (Å²) in [4.78, 5) is 15.4. The highest BCUT2D eigenvalue weighted by molar-refractivity contribution is 7.91. The molecule has 1 aliphatic heterocycles. The van der Waals surface area contributed by atoms with E-state index in [9.17, 15) is 35.2 Å². The number of aromatic nitrogens is 3. The van der Waals surface area contributed by atoms with Crippen LogP contribution in [0.3, 0.4) is 0 Å². The van der Waals surface area contributed by atoms with E-state index in [1.807, 2.05) is 0 Å². The molecule has 1 N–H and O–H groups in total. The maximum absolute atomic E-state index is 14.5. The maximum Gasteiger partial charge on any atom is 0.419 e. The van der Waals surface area contributed by atoms with Gasteiger partial charge in [-0.2, -0.15) is 18.3 Å². The van der Waals surface area contributed by atoms with Crippen LogP contribution < -0.4 is 5.32 Å². The number of benzene rings is 2. The lowest BCUT2D eigenvalue weighted by molar-refractivity contribution is -0.140. The van der Waals surface area contributed by atoms with E-state index in [-0.39, 0.29) is 18.0 Å². The highest BCUT2D eigenvalue weighted by Crippen LogP contribution is 2.47. The number of sulfone groups is 1. The first-order valence-corrected chi connectivity index (χ1v) is 14.5. The molecule has 13 heteroatoms. The molecule has 0 spiro atoms. The lowest BCUT2D eigenvalue weighted by atomic mass is 9.61. The zero-order valence-corrected chi connectivity index (χ0v) is 22.6. The Labute approximate surface area is 237 Å². The monoisotopic (exact) mass is 602 g/mol. The second kappa shape index (κ2) is 10.1. The molecule has 6 rings (SSSR count). The molecule has 1 saturated heterocycles. The van der Waals surface area contributed by atoms with Crippen molar-refractivity contribution in [2.24, 2.45) is 5.92 Å². The van der Waals surface area contributed by atoms with Gasteiger partial charge in [0.25, 0.3) is 0 Å². The topological polar surface area (TPSA) is 94.0 Å². The zero-order valence-electron chi connectivity index (χ0n) is 21.8. The maximum atomic E-state index is 14.5. The minimum absolute atomic E-state index is 0.0457. The van der Waals surface area contributed by atoms with Crippen molar-refractivity contribution in [2.75, 3.05) is 13.1 Å². The van der Waals surface area contributed by atoms with Crippen LogP contribution in [-0.2, 0) is 34.3 Å². The van der Waals surface area contributed by atoms with Crippen LogP contribution >= 0.6 is 0 Å². The minimum atomic E-state index is -5.01. The van der Waals surface area contributed by atoms with Gasteiger partial charge < -0.3 is 5.32 Å². The molecule has 0 radical (unpaired) electrons. The number of hydrogen-bond acceptors (Lipinski definition) is 6. The van der Waals surface area contributed by atoms with Crippen LogP contribution in [0.5, 0.6) is 0 Å². The highest BCUT2D eigenvalue weighted by atomic mass is 32.2. The van der Waals surface area contributed by atoms with Crippen molar-refractivity contribution >= 4 is 16.1 Å². The van der Waals surface area contributed by atoms with Gasteiger partial charge in [0.1, 0.15) is 17.3 Å². The van der Waals surface area contributed by atoms with Gasteiger partial charge in [-0.15, -0.1) is 0 Å². The number of carbonyl (C=O) groups is 1. The molecule has 0 bridgehead atoms. The van der Waals surface area contributed by atoms with E-state index in [0.29, 0.717) is 73.1 Å². The molecule has 1 aliphatic carbocycles. The number of alkyl halides is 3. The Hall–Kier alpha value is -3.97. The first-order chi connectivity index (χ1) is 19.9. The molecule has 0 unspecified atom stereocenters. The summed E-state index contributed by atoms with van der Waals surface area (Å²) < 4.78 is 97.2.